The zero-order chi connectivity index (χ0) is 10.3. The van der Waals surface area contributed by atoms with Crippen molar-refractivity contribution in [3.05, 3.63) is 39.9 Å². The summed E-state index contributed by atoms with van der Waals surface area (Å²) in [5.41, 5.74) is 1.97. The maximum Gasteiger partial charge on any atom is 0.276 e. The van der Waals surface area contributed by atoms with Crippen molar-refractivity contribution in [2.45, 2.75) is 19.3 Å². The molecule has 1 N–H and O–H groups in total. The van der Waals surface area contributed by atoms with Gasteiger partial charge in [0.1, 0.15) is 0 Å². The smallest absolute Gasteiger partial charge is 0.276 e. The number of aryl methyl sites for hydroxylation is 1. The SMILES string of the molecule is O=c1c2c([nH]n1-c1cccnn1)CCC2. The first kappa shape index (κ1) is 8.40. The van der Waals surface area contributed by atoms with Crippen molar-refractivity contribution in [2.24, 2.45) is 0 Å². The highest BCUT2D eigenvalue weighted by Crippen LogP contribution is 2.16. The topological polar surface area (TPSA) is 63.6 Å². The molecule has 0 saturated carbocycles. The first-order chi connectivity index (χ1) is 7.36. The van der Waals surface area contributed by atoms with Crippen molar-refractivity contribution >= 4 is 0 Å². The predicted octanol–water partition coefficient (Wildman–Crippen LogP) is 0.444. The zero-order valence-corrected chi connectivity index (χ0v) is 8.10. The van der Waals surface area contributed by atoms with E-state index in [-0.39, 0.29) is 5.56 Å². The molecule has 0 aromatic carbocycles. The fraction of sp³-hybridized carbons (Fsp3) is 0.300. The van der Waals surface area contributed by atoms with E-state index in [4.69, 9.17) is 0 Å². The minimum Gasteiger partial charge on any atom is -0.293 e. The highest BCUT2D eigenvalue weighted by molar-refractivity contribution is 5.28. The van der Waals surface area contributed by atoms with Crippen molar-refractivity contribution < 1.29 is 0 Å². The number of H-pyrrole nitrogens is 1. The molecule has 2 aromatic heterocycles. The van der Waals surface area contributed by atoms with Gasteiger partial charge in [0.15, 0.2) is 5.82 Å². The van der Waals surface area contributed by atoms with Crippen LogP contribution in [0.4, 0.5) is 0 Å². The molecule has 0 saturated heterocycles. The number of hydrogen-bond donors (Lipinski definition) is 1. The molecule has 1 aliphatic carbocycles. The summed E-state index contributed by atoms with van der Waals surface area (Å²) in [5, 5.41) is 10.7. The average molecular weight is 202 g/mol. The Hall–Kier alpha value is -1.91. The summed E-state index contributed by atoms with van der Waals surface area (Å²) < 4.78 is 1.47. The first-order valence-electron chi connectivity index (χ1n) is 4.97. The maximum absolute atomic E-state index is 11.9. The molecule has 5 nitrogen and oxygen atoms in total. The van der Waals surface area contributed by atoms with Crippen LogP contribution in [-0.2, 0) is 12.8 Å². The summed E-state index contributed by atoms with van der Waals surface area (Å²) >= 11 is 0. The molecule has 3 rings (SSSR count). The van der Waals surface area contributed by atoms with E-state index < -0.39 is 0 Å². The van der Waals surface area contributed by atoms with E-state index in [1.165, 1.54) is 4.68 Å². The molecule has 2 aromatic rings. The Balaban J connectivity index is 2.19. The maximum atomic E-state index is 11.9. The largest absolute Gasteiger partial charge is 0.293 e. The minimum atomic E-state index is 0.0167. The van der Waals surface area contributed by atoms with Gasteiger partial charge < -0.3 is 0 Å². The van der Waals surface area contributed by atoms with Gasteiger partial charge in [-0.25, -0.2) is 0 Å². The number of nitrogens with one attached hydrogen (secondary N) is 1. The van der Waals surface area contributed by atoms with Gasteiger partial charge in [0.2, 0.25) is 0 Å². The Morgan fingerprint density at radius 2 is 2.33 bits per heavy atom. The molecule has 0 bridgehead atoms. The van der Waals surface area contributed by atoms with Crippen LogP contribution in [0.5, 0.6) is 0 Å². The van der Waals surface area contributed by atoms with Crippen LogP contribution in [0.1, 0.15) is 17.7 Å². The lowest BCUT2D eigenvalue weighted by atomic mass is 10.3. The third-order valence-corrected chi connectivity index (χ3v) is 2.71. The molecule has 2 heterocycles. The van der Waals surface area contributed by atoms with Crippen molar-refractivity contribution in [1.82, 2.24) is 20.0 Å². The van der Waals surface area contributed by atoms with E-state index >= 15 is 0 Å². The monoisotopic (exact) mass is 202 g/mol. The molecule has 0 fully saturated rings. The average Bonchev–Trinajstić information content (AvgIpc) is 2.83. The number of fused-ring (bicyclic) bond motifs is 1. The molecule has 0 spiro atoms. The second-order valence-corrected chi connectivity index (χ2v) is 3.64. The van der Waals surface area contributed by atoms with Crippen LogP contribution in [0, 0.1) is 0 Å². The fourth-order valence-corrected chi connectivity index (χ4v) is 2.00. The Morgan fingerprint density at radius 1 is 1.40 bits per heavy atom. The van der Waals surface area contributed by atoms with Gasteiger partial charge in [-0.2, -0.15) is 9.78 Å². The molecule has 0 radical (unpaired) electrons. The minimum absolute atomic E-state index is 0.0167. The van der Waals surface area contributed by atoms with Crippen LogP contribution in [0.15, 0.2) is 23.1 Å². The third kappa shape index (κ3) is 1.20. The van der Waals surface area contributed by atoms with Crippen LogP contribution < -0.4 is 5.56 Å². The van der Waals surface area contributed by atoms with Gasteiger partial charge in [0.25, 0.3) is 5.56 Å². The van der Waals surface area contributed by atoms with Gasteiger partial charge >= 0.3 is 0 Å². The van der Waals surface area contributed by atoms with E-state index in [2.05, 4.69) is 15.3 Å². The van der Waals surface area contributed by atoms with Crippen molar-refractivity contribution in [3.63, 3.8) is 0 Å². The lowest BCUT2D eigenvalue weighted by molar-refractivity contribution is 0.748. The summed E-state index contributed by atoms with van der Waals surface area (Å²) in [6.07, 6.45) is 4.48. The fourth-order valence-electron chi connectivity index (χ4n) is 2.00. The van der Waals surface area contributed by atoms with Crippen molar-refractivity contribution in [1.29, 1.82) is 0 Å². The lowest BCUT2D eigenvalue weighted by Crippen LogP contribution is -2.18. The van der Waals surface area contributed by atoms with Gasteiger partial charge in [-0.3, -0.25) is 9.89 Å². The van der Waals surface area contributed by atoms with Crippen LogP contribution in [0.25, 0.3) is 5.82 Å². The van der Waals surface area contributed by atoms with E-state index in [9.17, 15) is 4.79 Å². The Kier molecular flexibility index (Phi) is 1.71. The van der Waals surface area contributed by atoms with Gasteiger partial charge in [-0.15, -0.1) is 5.10 Å². The van der Waals surface area contributed by atoms with Gasteiger partial charge in [-0.05, 0) is 31.4 Å². The quantitative estimate of drug-likeness (QED) is 0.730. The lowest BCUT2D eigenvalue weighted by Gasteiger charge is -1.98. The van der Waals surface area contributed by atoms with E-state index in [0.717, 1.165) is 30.5 Å². The highest BCUT2D eigenvalue weighted by Gasteiger charge is 2.19. The molecule has 0 atom stereocenters. The molecule has 1 aliphatic rings. The summed E-state index contributed by atoms with van der Waals surface area (Å²) in [6, 6.07) is 3.53. The molecule has 0 unspecified atom stereocenters. The number of nitrogens with zero attached hydrogens (tertiary/aromatic N) is 3. The Bertz CT molecular complexity index is 540. The van der Waals surface area contributed by atoms with Crippen LogP contribution >= 0.6 is 0 Å². The normalized spacial score (nSPS) is 14.1. The summed E-state index contributed by atoms with van der Waals surface area (Å²) in [6.45, 7) is 0. The zero-order valence-electron chi connectivity index (χ0n) is 8.10. The first-order valence-corrected chi connectivity index (χ1v) is 4.97. The van der Waals surface area contributed by atoms with Gasteiger partial charge in [0, 0.05) is 17.5 Å². The van der Waals surface area contributed by atoms with Gasteiger partial charge in [0.05, 0.1) is 0 Å². The second kappa shape index (κ2) is 3.05. The molecule has 5 heteroatoms. The number of aromatic nitrogens is 4. The standard InChI is InChI=1S/C10H10N4O/c15-10-7-3-1-4-8(7)13-14(10)9-5-2-6-11-12-9/h2,5-6,13H,1,3-4H2. The van der Waals surface area contributed by atoms with Crippen LogP contribution in [-0.4, -0.2) is 20.0 Å². The third-order valence-electron chi connectivity index (χ3n) is 2.71. The van der Waals surface area contributed by atoms with Crippen molar-refractivity contribution in [2.75, 3.05) is 0 Å². The highest BCUT2D eigenvalue weighted by atomic mass is 16.1. The number of hydrogen-bond acceptors (Lipinski definition) is 3. The Labute approximate surface area is 85.8 Å². The number of rotatable bonds is 1. The molecular formula is C10H10N4O. The van der Waals surface area contributed by atoms with Gasteiger partial charge in [-0.1, -0.05) is 0 Å². The summed E-state index contributed by atoms with van der Waals surface area (Å²) in [4.78, 5) is 11.9. The number of aromatic amines is 1. The second-order valence-electron chi connectivity index (χ2n) is 3.64. The summed E-state index contributed by atoms with van der Waals surface area (Å²) in [7, 11) is 0. The summed E-state index contributed by atoms with van der Waals surface area (Å²) in [5.74, 6) is 0.553. The molecule has 0 amide bonds. The molecule has 15 heavy (non-hydrogen) atoms. The van der Waals surface area contributed by atoms with Crippen molar-refractivity contribution in [3.8, 4) is 5.82 Å². The van der Waals surface area contributed by atoms with E-state index in [1.807, 2.05) is 0 Å². The van der Waals surface area contributed by atoms with E-state index in [1.54, 1.807) is 18.3 Å². The van der Waals surface area contributed by atoms with Crippen LogP contribution in [0.3, 0.4) is 0 Å². The molecular weight excluding hydrogens is 192 g/mol. The van der Waals surface area contributed by atoms with Crippen LogP contribution in [0.2, 0.25) is 0 Å². The molecule has 0 aliphatic heterocycles. The van der Waals surface area contributed by atoms with E-state index in [0.29, 0.717) is 5.82 Å². The molecule has 76 valence electrons. The Morgan fingerprint density at radius 3 is 3.07 bits per heavy atom. The predicted molar refractivity (Wildman–Crippen MR) is 54.0 cm³/mol.